The van der Waals surface area contributed by atoms with Crippen LogP contribution >= 0.6 is 0 Å². The summed E-state index contributed by atoms with van der Waals surface area (Å²) >= 11 is 0. The van der Waals surface area contributed by atoms with Gasteiger partial charge in [0.1, 0.15) is 0 Å². The number of amides is 1. The van der Waals surface area contributed by atoms with Crippen LogP contribution in [0.25, 0.3) is 0 Å². The van der Waals surface area contributed by atoms with E-state index in [1.54, 1.807) is 0 Å². The van der Waals surface area contributed by atoms with Crippen LogP contribution in [0.1, 0.15) is 36.0 Å². The Kier molecular flexibility index (Phi) is 4.65. The number of nitrogens with zero attached hydrogens (tertiary/aromatic N) is 1. The van der Waals surface area contributed by atoms with E-state index in [1.807, 2.05) is 0 Å². The first kappa shape index (κ1) is 14.8. The predicted octanol–water partition coefficient (Wildman–Crippen LogP) is 2.45. The normalized spacial score (nSPS) is 18.6. The van der Waals surface area contributed by atoms with Crippen LogP contribution in [0, 0.1) is 17.5 Å². The molecule has 0 spiro atoms. The molecule has 1 fully saturated rings. The summed E-state index contributed by atoms with van der Waals surface area (Å²) in [6, 6.07) is 1.77. The van der Waals surface area contributed by atoms with Crippen LogP contribution in [0.15, 0.2) is 12.1 Å². The molecule has 110 valence electrons. The van der Waals surface area contributed by atoms with Crippen molar-refractivity contribution >= 4 is 5.91 Å². The smallest absolute Gasteiger partial charge is 0.257 e. The Bertz CT molecular complexity index is 507. The van der Waals surface area contributed by atoms with Gasteiger partial charge in [-0.15, -0.1) is 0 Å². The summed E-state index contributed by atoms with van der Waals surface area (Å²) in [6.07, 6.45) is 3.17. The van der Waals surface area contributed by atoms with E-state index in [9.17, 15) is 18.0 Å². The fourth-order valence-corrected chi connectivity index (χ4v) is 2.60. The van der Waals surface area contributed by atoms with Crippen molar-refractivity contribution in [2.24, 2.45) is 5.73 Å². The van der Waals surface area contributed by atoms with Gasteiger partial charge in [-0.3, -0.25) is 4.79 Å². The summed E-state index contributed by atoms with van der Waals surface area (Å²) in [5, 5.41) is 0. The highest BCUT2D eigenvalue weighted by Gasteiger charge is 2.31. The third-order valence-corrected chi connectivity index (χ3v) is 3.65. The lowest BCUT2D eigenvalue weighted by atomic mass is 10.1. The summed E-state index contributed by atoms with van der Waals surface area (Å²) in [6.45, 7) is 1.03. The molecule has 1 saturated heterocycles. The van der Waals surface area contributed by atoms with Gasteiger partial charge >= 0.3 is 0 Å². The number of carbonyl (C=O) groups excluding carboxylic acids is 1. The van der Waals surface area contributed by atoms with Crippen molar-refractivity contribution in [2.45, 2.75) is 31.7 Å². The molecule has 1 aromatic rings. The van der Waals surface area contributed by atoms with E-state index < -0.39 is 28.9 Å². The van der Waals surface area contributed by atoms with Gasteiger partial charge in [-0.2, -0.15) is 0 Å². The molecule has 2 rings (SSSR count). The van der Waals surface area contributed by atoms with Crippen LogP contribution in [0.2, 0.25) is 0 Å². The Morgan fingerprint density at radius 1 is 1.30 bits per heavy atom. The van der Waals surface area contributed by atoms with Gasteiger partial charge in [0.2, 0.25) is 0 Å². The lowest BCUT2D eigenvalue weighted by Gasteiger charge is -2.25. The standard InChI is InChI=1S/C14H17F3N2O/c15-11-6-5-10(12(16)13(11)17)14(20)19-8-2-4-9(19)3-1-7-18/h5-6,9H,1-4,7-8,18H2. The average molecular weight is 286 g/mol. The van der Waals surface area contributed by atoms with Crippen molar-refractivity contribution in [1.82, 2.24) is 4.90 Å². The SMILES string of the molecule is NCCCC1CCCN1C(=O)c1ccc(F)c(F)c1F. The Morgan fingerprint density at radius 2 is 2.05 bits per heavy atom. The van der Waals surface area contributed by atoms with Crippen molar-refractivity contribution < 1.29 is 18.0 Å². The summed E-state index contributed by atoms with van der Waals surface area (Å²) in [4.78, 5) is 13.8. The van der Waals surface area contributed by atoms with Gasteiger partial charge < -0.3 is 10.6 Å². The Hall–Kier alpha value is -1.56. The molecule has 1 amide bonds. The topological polar surface area (TPSA) is 46.3 Å². The summed E-state index contributed by atoms with van der Waals surface area (Å²) in [5.74, 6) is -4.89. The van der Waals surface area contributed by atoms with Crippen molar-refractivity contribution in [2.75, 3.05) is 13.1 Å². The monoisotopic (exact) mass is 286 g/mol. The largest absolute Gasteiger partial charge is 0.336 e. The summed E-state index contributed by atoms with van der Waals surface area (Å²) in [7, 11) is 0. The van der Waals surface area contributed by atoms with Gasteiger partial charge in [-0.1, -0.05) is 0 Å². The van der Waals surface area contributed by atoms with Crippen LogP contribution in [0.3, 0.4) is 0 Å². The lowest BCUT2D eigenvalue weighted by molar-refractivity contribution is 0.0723. The van der Waals surface area contributed by atoms with E-state index in [1.165, 1.54) is 4.90 Å². The van der Waals surface area contributed by atoms with Crippen molar-refractivity contribution in [3.05, 3.63) is 35.1 Å². The molecule has 1 aliphatic rings. The molecular weight excluding hydrogens is 269 g/mol. The molecule has 1 unspecified atom stereocenters. The molecule has 0 bridgehead atoms. The fraction of sp³-hybridized carbons (Fsp3) is 0.500. The molecule has 1 atom stereocenters. The molecule has 0 radical (unpaired) electrons. The quantitative estimate of drug-likeness (QED) is 0.864. The first-order valence-corrected chi connectivity index (χ1v) is 6.70. The zero-order valence-corrected chi connectivity index (χ0v) is 11.0. The van der Waals surface area contributed by atoms with Gasteiger partial charge in [0.25, 0.3) is 5.91 Å². The van der Waals surface area contributed by atoms with Gasteiger partial charge in [0.15, 0.2) is 17.5 Å². The van der Waals surface area contributed by atoms with Crippen molar-refractivity contribution in [1.29, 1.82) is 0 Å². The fourth-order valence-electron chi connectivity index (χ4n) is 2.60. The third kappa shape index (κ3) is 2.80. The molecule has 1 heterocycles. The van der Waals surface area contributed by atoms with Crippen LogP contribution in [-0.4, -0.2) is 29.9 Å². The van der Waals surface area contributed by atoms with E-state index in [0.717, 1.165) is 37.8 Å². The number of hydrogen-bond acceptors (Lipinski definition) is 2. The van der Waals surface area contributed by atoms with Gasteiger partial charge in [0, 0.05) is 12.6 Å². The highest BCUT2D eigenvalue weighted by atomic mass is 19.2. The van der Waals surface area contributed by atoms with E-state index in [2.05, 4.69) is 0 Å². The van der Waals surface area contributed by atoms with E-state index in [0.29, 0.717) is 13.1 Å². The number of nitrogens with two attached hydrogens (primary N) is 1. The Morgan fingerprint density at radius 3 is 2.75 bits per heavy atom. The second-order valence-electron chi connectivity index (χ2n) is 4.95. The molecule has 3 nitrogen and oxygen atoms in total. The molecule has 0 saturated carbocycles. The van der Waals surface area contributed by atoms with Gasteiger partial charge in [0.05, 0.1) is 5.56 Å². The number of rotatable bonds is 4. The molecule has 20 heavy (non-hydrogen) atoms. The molecule has 6 heteroatoms. The zero-order valence-electron chi connectivity index (χ0n) is 11.0. The molecular formula is C14H17F3N2O. The van der Waals surface area contributed by atoms with Gasteiger partial charge in [-0.05, 0) is 44.4 Å². The molecule has 2 N–H and O–H groups in total. The van der Waals surface area contributed by atoms with Crippen molar-refractivity contribution in [3.63, 3.8) is 0 Å². The minimum absolute atomic E-state index is 0.00133. The number of carbonyl (C=O) groups is 1. The first-order chi connectivity index (χ1) is 9.56. The van der Waals surface area contributed by atoms with Crippen LogP contribution in [0.4, 0.5) is 13.2 Å². The molecule has 0 aliphatic carbocycles. The van der Waals surface area contributed by atoms with Crippen LogP contribution < -0.4 is 5.73 Å². The van der Waals surface area contributed by atoms with Crippen molar-refractivity contribution in [3.8, 4) is 0 Å². The van der Waals surface area contributed by atoms with Crippen LogP contribution in [-0.2, 0) is 0 Å². The number of halogens is 3. The maximum absolute atomic E-state index is 13.7. The third-order valence-electron chi connectivity index (χ3n) is 3.65. The summed E-state index contributed by atoms with van der Waals surface area (Å²) < 4.78 is 39.8. The number of hydrogen-bond donors (Lipinski definition) is 1. The maximum atomic E-state index is 13.7. The molecule has 1 aliphatic heterocycles. The molecule has 0 aromatic heterocycles. The minimum atomic E-state index is -1.60. The van der Waals surface area contributed by atoms with Crippen LogP contribution in [0.5, 0.6) is 0 Å². The highest BCUT2D eigenvalue weighted by Crippen LogP contribution is 2.25. The zero-order chi connectivity index (χ0) is 14.7. The minimum Gasteiger partial charge on any atom is -0.336 e. The molecule has 1 aromatic carbocycles. The summed E-state index contributed by atoms with van der Waals surface area (Å²) in [5.41, 5.74) is 5.03. The van der Waals surface area contributed by atoms with E-state index in [-0.39, 0.29) is 6.04 Å². The predicted molar refractivity (Wildman–Crippen MR) is 68.7 cm³/mol. The second kappa shape index (κ2) is 6.26. The van der Waals surface area contributed by atoms with E-state index >= 15 is 0 Å². The van der Waals surface area contributed by atoms with E-state index in [4.69, 9.17) is 5.73 Å². The average Bonchev–Trinajstić information content (AvgIpc) is 2.90. The first-order valence-electron chi connectivity index (χ1n) is 6.70. The number of benzene rings is 1. The lowest BCUT2D eigenvalue weighted by Crippen LogP contribution is -2.36. The maximum Gasteiger partial charge on any atom is 0.257 e. The Labute approximate surface area is 115 Å². The Balaban J connectivity index is 2.20. The van der Waals surface area contributed by atoms with Gasteiger partial charge in [-0.25, -0.2) is 13.2 Å². The number of likely N-dealkylation sites (tertiary alicyclic amines) is 1. The highest BCUT2D eigenvalue weighted by molar-refractivity contribution is 5.94. The second-order valence-corrected chi connectivity index (χ2v) is 4.95.